The van der Waals surface area contributed by atoms with Crippen LogP contribution in [0.25, 0.3) is 0 Å². The summed E-state index contributed by atoms with van der Waals surface area (Å²) in [6.07, 6.45) is 2.90. The summed E-state index contributed by atoms with van der Waals surface area (Å²) < 4.78 is 10.3. The summed E-state index contributed by atoms with van der Waals surface area (Å²) in [4.78, 5) is 12.0. The Bertz CT molecular complexity index is 345. The fraction of sp³-hybridized carbons (Fsp3) is 0.583. The van der Waals surface area contributed by atoms with Gasteiger partial charge in [0.2, 0.25) is 0 Å². The molecule has 1 amide bonds. The first-order valence-electron chi connectivity index (χ1n) is 5.65. The Morgan fingerprint density at radius 1 is 1.65 bits per heavy atom. The van der Waals surface area contributed by atoms with Gasteiger partial charge >= 0.3 is 0 Å². The minimum atomic E-state index is -0.136. The van der Waals surface area contributed by atoms with Crippen LogP contribution in [0.4, 0.5) is 0 Å². The minimum Gasteiger partial charge on any atom is -0.469 e. The van der Waals surface area contributed by atoms with Crippen LogP contribution in [0.5, 0.6) is 0 Å². The van der Waals surface area contributed by atoms with Gasteiger partial charge in [-0.2, -0.15) is 0 Å². The molecule has 0 fully saturated rings. The summed E-state index contributed by atoms with van der Waals surface area (Å²) in [7, 11) is 1.60. The average Bonchev–Trinajstić information content (AvgIpc) is 2.77. The monoisotopic (exact) mass is 259 g/mol. The van der Waals surface area contributed by atoms with Crippen molar-refractivity contribution in [3.05, 3.63) is 23.7 Å². The molecule has 1 heterocycles. The molecule has 4 nitrogen and oxygen atoms in total. The second-order valence-electron chi connectivity index (χ2n) is 3.71. The Morgan fingerprint density at radius 2 is 2.41 bits per heavy atom. The van der Waals surface area contributed by atoms with E-state index in [4.69, 9.17) is 20.8 Å². The third kappa shape index (κ3) is 4.06. The quantitative estimate of drug-likeness (QED) is 0.764. The Balaban J connectivity index is 2.63. The predicted molar refractivity (Wildman–Crippen MR) is 66.6 cm³/mol. The van der Waals surface area contributed by atoms with E-state index in [0.29, 0.717) is 36.7 Å². The maximum atomic E-state index is 12.0. The molecule has 1 rings (SSSR count). The number of carbonyl (C=O) groups excluding carboxylic acids is 1. The highest BCUT2D eigenvalue weighted by Crippen LogP contribution is 2.11. The molecule has 1 atom stereocenters. The molecule has 96 valence electrons. The van der Waals surface area contributed by atoms with E-state index in [1.54, 1.807) is 13.2 Å². The van der Waals surface area contributed by atoms with Gasteiger partial charge in [-0.3, -0.25) is 4.79 Å². The number of furan rings is 1. The van der Waals surface area contributed by atoms with Gasteiger partial charge in [0.25, 0.3) is 5.91 Å². The van der Waals surface area contributed by atoms with E-state index in [9.17, 15) is 4.79 Å². The first-order valence-corrected chi connectivity index (χ1v) is 6.18. The second kappa shape index (κ2) is 7.35. The van der Waals surface area contributed by atoms with Crippen LogP contribution >= 0.6 is 11.6 Å². The molecule has 0 radical (unpaired) electrons. The molecule has 0 aliphatic rings. The molecule has 0 saturated carbocycles. The van der Waals surface area contributed by atoms with Crippen LogP contribution < -0.4 is 5.32 Å². The standard InChI is InChI=1S/C12H18ClNO3/c1-3-11-10(5-7-17-11)12(15)14-9(4-6-13)8-16-2/h5,7,9H,3-4,6,8H2,1-2H3,(H,14,15). The number of hydrogen-bond acceptors (Lipinski definition) is 3. The fourth-order valence-corrected chi connectivity index (χ4v) is 1.87. The first-order chi connectivity index (χ1) is 8.22. The Kier molecular flexibility index (Phi) is 6.08. The van der Waals surface area contributed by atoms with Crippen LogP contribution in [-0.2, 0) is 11.2 Å². The minimum absolute atomic E-state index is 0.0652. The van der Waals surface area contributed by atoms with E-state index in [0.717, 1.165) is 0 Å². The molecule has 17 heavy (non-hydrogen) atoms. The topological polar surface area (TPSA) is 51.5 Å². The highest BCUT2D eigenvalue weighted by molar-refractivity contribution is 6.17. The number of alkyl halides is 1. The third-order valence-electron chi connectivity index (χ3n) is 2.47. The Hall–Kier alpha value is -1.00. The van der Waals surface area contributed by atoms with Gasteiger partial charge in [0, 0.05) is 19.4 Å². The predicted octanol–water partition coefficient (Wildman–Crippen LogP) is 2.22. The van der Waals surface area contributed by atoms with Crippen molar-refractivity contribution < 1.29 is 13.9 Å². The number of aryl methyl sites for hydroxylation is 1. The summed E-state index contributed by atoms with van der Waals surface area (Å²) in [6, 6.07) is 1.61. The van der Waals surface area contributed by atoms with E-state index in [-0.39, 0.29) is 11.9 Å². The zero-order chi connectivity index (χ0) is 12.7. The second-order valence-corrected chi connectivity index (χ2v) is 4.09. The van der Waals surface area contributed by atoms with Gasteiger partial charge in [0.15, 0.2) is 0 Å². The Labute approximate surface area is 106 Å². The van der Waals surface area contributed by atoms with Gasteiger partial charge < -0.3 is 14.5 Å². The molecule has 1 aromatic rings. The summed E-state index contributed by atoms with van der Waals surface area (Å²) >= 11 is 5.67. The van der Waals surface area contributed by atoms with E-state index in [2.05, 4.69) is 5.32 Å². The molecule has 0 aliphatic carbocycles. The van der Waals surface area contributed by atoms with Crippen molar-refractivity contribution in [1.82, 2.24) is 5.32 Å². The normalized spacial score (nSPS) is 12.4. The van der Waals surface area contributed by atoms with Gasteiger partial charge in [0.1, 0.15) is 5.76 Å². The van der Waals surface area contributed by atoms with Gasteiger partial charge in [0.05, 0.1) is 24.5 Å². The first kappa shape index (κ1) is 14.1. The lowest BCUT2D eigenvalue weighted by Crippen LogP contribution is -2.38. The Morgan fingerprint density at radius 3 is 3.00 bits per heavy atom. The van der Waals surface area contributed by atoms with Crippen LogP contribution in [0.15, 0.2) is 16.7 Å². The lowest BCUT2D eigenvalue weighted by Gasteiger charge is -2.16. The molecular formula is C12H18ClNO3. The highest BCUT2D eigenvalue weighted by atomic mass is 35.5. The SMILES string of the molecule is CCc1occc1C(=O)NC(CCCl)COC. The number of carbonyl (C=O) groups is 1. The largest absolute Gasteiger partial charge is 0.469 e. The summed E-state index contributed by atoms with van der Waals surface area (Å²) in [5, 5.41) is 2.89. The number of methoxy groups -OCH3 is 1. The van der Waals surface area contributed by atoms with Crippen LogP contribution in [0.3, 0.4) is 0 Å². The van der Waals surface area contributed by atoms with E-state index in [1.807, 2.05) is 6.92 Å². The average molecular weight is 260 g/mol. The van der Waals surface area contributed by atoms with Crippen molar-refractivity contribution in [3.8, 4) is 0 Å². The lowest BCUT2D eigenvalue weighted by atomic mass is 10.1. The van der Waals surface area contributed by atoms with E-state index < -0.39 is 0 Å². The zero-order valence-electron chi connectivity index (χ0n) is 10.2. The van der Waals surface area contributed by atoms with E-state index in [1.165, 1.54) is 6.26 Å². The molecule has 0 bridgehead atoms. The van der Waals surface area contributed by atoms with Gasteiger partial charge in [-0.1, -0.05) is 6.92 Å². The lowest BCUT2D eigenvalue weighted by molar-refractivity contribution is 0.0893. The summed E-state index contributed by atoms with van der Waals surface area (Å²) in [5.41, 5.74) is 0.586. The van der Waals surface area contributed by atoms with Gasteiger partial charge in [-0.05, 0) is 12.5 Å². The molecule has 1 aromatic heterocycles. The number of rotatable bonds is 7. The van der Waals surface area contributed by atoms with Crippen molar-refractivity contribution in [2.24, 2.45) is 0 Å². The fourth-order valence-electron chi connectivity index (χ4n) is 1.61. The molecule has 0 saturated heterocycles. The van der Waals surface area contributed by atoms with E-state index >= 15 is 0 Å². The molecular weight excluding hydrogens is 242 g/mol. The number of ether oxygens (including phenoxy) is 1. The third-order valence-corrected chi connectivity index (χ3v) is 2.69. The van der Waals surface area contributed by atoms with Crippen molar-refractivity contribution in [3.63, 3.8) is 0 Å². The summed E-state index contributed by atoms with van der Waals surface area (Å²) in [6.45, 7) is 2.40. The number of halogens is 1. The molecule has 0 aliphatic heterocycles. The highest BCUT2D eigenvalue weighted by Gasteiger charge is 2.17. The maximum absolute atomic E-state index is 12.0. The molecule has 0 spiro atoms. The molecule has 0 aromatic carbocycles. The molecule has 5 heteroatoms. The molecule has 1 unspecified atom stereocenters. The van der Waals surface area contributed by atoms with Crippen molar-refractivity contribution >= 4 is 17.5 Å². The number of nitrogens with one attached hydrogen (secondary N) is 1. The van der Waals surface area contributed by atoms with Crippen LogP contribution in [0.1, 0.15) is 29.5 Å². The smallest absolute Gasteiger partial charge is 0.255 e. The number of hydrogen-bond donors (Lipinski definition) is 1. The van der Waals surface area contributed by atoms with Crippen LogP contribution in [0, 0.1) is 0 Å². The van der Waals surface area contributed by atoms with Crippen LogP contribution in [-0.4, -0.2) is 31.5 Å². The summed E-state index contributed by atoms with van der Waals surface area (Å²) in [5.74, 6) is 1.05. The maximum Gasteiger partial charge on any atom is 0.255 e. The van der Waals surface area contributed by atoms with Gasteiger partial charge in [-0.15, -0.1) is 11.6 Å². The zero-order valence-corrected chi connectivity index (χ0v) is 10.9. The van der Waals surface area contributed by atoms with Crippen molar-refractivity contribution in [2.45, 2.75) is 25.8 Å². The molecule has 1 N–H and O–H groups in total. The van der Waals surface area contributed by atoms with Crippen LogP contribution in [0.2, 0.25) is 0 Å². The van der Waals surface area contributed by atoms with Gasteiger partial charge in [-0.25, -0.2) is 0 Å². The number of amides is 1. The van der Waals surface area contributed by atoms with Crippen molar-refractivity contribution in [1.29, 1.82) is 0 Å². The van der Waals surface area contributed by atoms with Crippen molar-refractivity contribution in [2.75, 3.05) is 19.6 Å².